The van der Waals surface area contributed by atoms with E-state index in [9.17, 15) is 14.4 Å². The first-order valence-corrected chi connectivity index (χ1v) is 10.2. The molecule has 2 N–H and O–H groups in total. The number of fused-ring (bicyclic) bond motifs is 2. The average Bonchev–Trinajstić information content (AvgIpc) is 2.82. The van der Waals surface area contributed by atoms with Crippen LogP contribution in [0.15, 0.2) is 96.4 Å². The molecule has 0 saturated heterocycles. The lowest BCUT2D eigenvalue weighted by molar-refractivity contribution is 0.0736. The summed E-state index contributed by atoms with van der Waals surface area (Å²) in [6.07, 6.45) is 0. The van der Waals surface area contributed by atoms with Crippen LogP contribution in [0.1, 0.15) is 27.4 Å². The third-order valence-electron chi connectivity index (χ3n) is 5.59. The zero-order valence-corrected chi connectivity index (χ0v) is 17.3. The van der Waals surface area contributed by atoms with Gasteiger partial charge in [0.15, 0.2) is 0 Å². The Hall–Kier alpha value is -4.63. The lowest BCUT2D eigenvalue weighted by atomic mass is 9.83. The first-order valence-electron chi connectivity index (χ1n) is 10.2. The van der Waals surface area contributed by atoms with E-state index in [2.05, 4.69) is 6.07 Å². The fourth-order valence-electron chi connectivity index (χ4n) is 4.09. The van der Waals surface area contributed by atoms with Gasteiger partial charge >= 0.3 is 5.97 Å². The molecule has 160 valence electrons. The lowest BCUT2D eigenvalue weighted by Gasteiger charge is -2.26. The molecule has 4 aromatic rings. The summed E-state index contributed by atoms with van der Waals surface area (Å²) < 4.78 is 25.2. The highest BCUT2D eigenvalue weighted by Gasteiger charge is 2.31. The normalized spacial score (nSPS) is 14.8. The number of ether oxygens (including phenoxy) is 2. The zero-order valence-electron chi connectivity index (χ0n) is 17.3. The maximum absolute atomic E-state index is 13.9. The number of hydrogen-bond acceptors (Lipinski definition) is 5. The fraction of sp³-hybridized carbons (Fsp3) is 0.0370. The number of nitriles is 1. The lowest BCUT2D eigenvalue weighted by Crippen LogP contribution is -2.21. The highest BCUT2D eigenvalue weighted by Crippen LogP contribution is 2.43. The molecule has 1 atom stereocenters. The smallest absolute Gasteiger partial charge is 0.344 e. The van der Waals surface area contributed by atoms with Gasteiger partial charge in [-0.2, -0.15) is 5.26 Å². The second-order valence-corrected chi connectivity index (χ2v) is 7.60. The molecule has 0 amide bonds. The molecule has 0 bridgehead atoms. The number of allylic oxidation sites excluding steroid dienone is 1. The maximum atomic E-state index is 13.9. The van der Waals surface area contributed by atoms with Crippen LogP contribution < -0.4 is 15.2 Å². The van der Waals surface area contributed by atoms with E-state index in [1.807, 2.05) is 30.3 Å². The summed E-state index contributed by atoms with van der Waals surface area (Å²) >= 11 is 0. The predicted molar refractivity (Wildman–Crippen MR) is 121 cm³/mol. The standard InChI is InChI=1S/C27H17FN2O3/c28-18-8-3-7-17(13-18)25-22-12-11-19(14-24(22)33-26(30)23(25)15-29)32-27(31)21-10-4-6-16-5-1-2-9-20(16)21/h1-14,25H,30H2. The van der Waals surface area contributed by atoms with Crippen LogP contribution >= 0.6 is 0 Å². The van der Waals surface area contributed by atoms with Crippen molar-refractivity contribution in [3.63, 3.8) is 0 Å². The van der Waals surface area contributed by atoms with E-state index in [4.69, 9.17) is 15.2 Å². The number of esters is 1. The van der Waals surface area contributed by atoms with Gasteiger partial charge in [0.05, 0.1) is 11.5 Å². The fourth-order valence-corrected chi connectivity index (χ4v) is 4.09. The summed E-state index contributed by atoms with van der Waals surface area (Å²) in [4.78, 5) is 12.9. The van der Waals surface area contributed by atoms with Crippen LogP contribution in [0.2, 0.25) is 0 Å². The minimum Gasteiger partial charge on any atom is -0.440 e. The zero-order chi connectivity index (χ0) is 22.9. The van der Waals surface area contributed by atoms with Crippen LogP contribution in [0.25, 0.3) is 10.8 Å². The molecule has 5 rings (SSSR count). The van der Waals surface area contributed by atoms with Gasteiger partial charge < -0.3 is 15.2 Å². The molecule has 1 unspecified atom stereocenters. The average molecular weight is 436 g/mol. The molecular formula is C27H17FN2O3. The Morgan fingerprint density at radius 3 is 2.61 bits per heavy atom. The predicted octanol–water partition coefficient (Wildman–Crippen LogP) is 5.42. The second-order valence-electron chi connectivity index (χ2n) is 7.60. The number of carbonyl (C=O) groups is 1. The van der Waals surface area contributed by atoms with Crippen molar-refractivity contribution in [2.75, 3.05) is 0 Å². The van der Waals surface area contributed by atoms with E-state index >= 15 is 0 Å². The number of nitrogens with two attached hydrogens (primary N) is 1. The van der Waals surface area contributed by atoms with Crippen LogP contribution in [0.5, 0.6) is 11.5 Å². The summed E-state index contributed by atoms with van der Waals surface area (Å²) in [5.74, 6) is -1.00. The molecule has 5 nitrogen and oxygen atoms in total. The Bertz CT molecular complexity index is 1480. The molecule has 0 saturated carbocycles. The first-order chi connectivity index (χ1) is 16.0. The molecule has 1 aliphatic heterocycles. The molecule has 1 heterocycles. The Labute approximate surface area is 189 Å². The highest BCUT2D eigenvalue weighted by atomic mass is 19.1. The monoisotopic (exact) mass is 436 g/mol. The number of nitrogens with zero attached hydrogens (tertiary/aromatic N) is 1. The molecule has 0 aromatic heterocycles. The Morgan fingerprint density at radius 2 is 1.79 bits per heavy atom. The molecule has 0 aliphatic carbocycles. The van der Waals surface area contributed by atoms with Gasteiger partial charge in [-0.25, -0.2) is 9.18 Å². The Balaban J connectivity index is 1.51. The number of halogens is 1. The van der Waals surface area contributed by atoms with Gasteiger partial charge in [-0.1, -0.05) is 54.6 Å². The maximum Gasteiger partial charge on any atom is 0.344 e. The van der Waals surface area contributed by atoms with Crippen molar-refractivity contribution in [3.05, 3.63) is 119 Å². The SMILES string of the molecule is N#CC1=C(N)Oc2cc(OC(=O)c3cccc4ccccc34)ccc2C1c1cccc(F)c1. The third kappa shape index (κ3) is 3.66. The molecule has 33 heavy (non-hydrogen) atoms. The van der Waals surface area contributed by atoms with Crippen molar-refractivity contribution in [1.82, 2.24) is 0 Å². The Kier molecular flexibility index (Phi) is 5.00. The van der Waals surface area contributed by atoms with Crippen molar-refractivity contribution in [1.29, 1.82) is 5.26 Å². The van der Waals surface area contributed by atoms with Crippen LogP contribution in [-0.4, -0.2) is 5.97 Å². The van der Waals surface area contributed by atoms with Crippen molar-refractivity contribution in [2.45, 2.75) is 5.92 Å². The van der Waals surface area contributed by atoms with Gasteiger partial charge in [0.25, 0.3) is 0 Å². The molecule has 0 spiro atoms. The quantitative estimate of drug-likeness (QED) is 0.343. The molecule has 0 radical (unpaired) electrons. The van der Waals surface area contributed by atoms with E-state index in [0.29, 0.717) is 22.4 Å². The summed E-state index contributed by atoms with van der Waals surface area (Å²) in [5.41, 5.74) is 7.83. The van der Waals surface area contributed by atoms with Crippen molar-refractivity contribution >= 4 is 16.7 Å². The Morgan fingerprint density at radius 1 is 1.00 bits per heavy atom. The highest BCUT2D eigenvalue weighted by molar-refractivity contribution is 6.05. The number of benzene rings is 4. The number of carbonyl (C=O) groups excluding carboxylic acids is 1. The van der Waals surface area contributed by atoms with Gasteiger partial charge in [0.1, 0.15) is 29.0 Å². The van der Waals surface area contributed by atoms with E-state index in [1.54, 1.807) is 42.5 Å². The molecular weight excluding hydrogens is 419 g/mol. The van der Waals surface area contributed by atoms with Crippen LogP contribution in [-0.2, 0) is 0 Å². The minimum absolute atomic E-state index is 0.0724. The summed E-state index contributed by atoms with van der Waals surface area (Å²) in [7, 11) is 0. The summed E-state index contributed by atoms with van der Waals surface area (Å²) in [5, 5.41) is 11.4. The van der Waals surface area contributed by atoms with E-state index in [0.717, 1.165) is 10.8 Å². The van der Waals surface area contributed by atoms with Crippen molar-refractivity contribution in [3.8, 4) is 17.6 Å². The largest absolute Gasteiger partial charge is 0.440 e. The first kappa shape index (κ1) is 20.3. The van der Waals surface area contributed by atoms with Gasteiger partial charge in [-0.05, 0) is 40.6 Å². The van der Waals surface area contributed by atoms with Gasteiger partial charge in [0.2, 0.25) is 5.88 Å². The van der Waals surface area contributed by atoms with Crippen LogP contribution in [0, 0.1) is 17.1 Å². The third-order valence-corrected chi connectivity index (χ3v) is 5.59. The molecule has 0 fully saturated rings. The van der Waals surface area contributed by atoms with Crippen molar-refractivity contribution in [2.24, 2.45) is 5.73 Å². The van der Waals surface area contributed by atoms with Crippen LogP contribution in [0.3, 0.4) is 0 Å². The van der Waals surface area contributed by atoms with Gasteiger partial charge in [-0.15, -0.1) is 0 Å². The second kappa shape index (κ2) is 8.13. The number of rotatable bonds is 3. The van der Waals surface area contributed by atoms with E-state index < -0.39 is 17.7 Å². The molecule has 1 aliphatic rings. The van der Waals surface area contributed by atoms with E-state index in [1.165, 1.54) is 12.1 Å². The van der Waals surface area contributed by atoms with Crippen LogP contribution in [0.4, 0.5) is 4.39 Å². The molecule has 4 aromatic carbocycles. The topological polar surface area (TPSA) is 85.3 Å². The minimum atomic E-state index is -0.600. The van der Waals surface area contributed by atoms with Gasteiger partial charge in [0, 0.05) is 11.6 Å². The summed E-state index contributed by atoms with van der Waals surface area (Å²) in [6, 6.07) is 25.9. The van der Waals surface area contributed by atoms with Crippen molar-refractivity contribution < 1.29 is 18.7 Å². The van der Waals surface area contributed by atoms with Gasteiger partial charge in [-0.3, -0.25) is 0 Å². The number of hydrogen-bond donors (Lipinski definition) is 1. The summed E-state index contributed by atoms with van der Waals surface area (Å²) in [6.45, 7) is 0. The van der Waals surface area contributed by atoms with E-state index in [-0.39, 0.29) is 17.2 Å². The molecule has 6 heteroatoms.